The van der Waals surface area contributed by atoms with E-state index in [0.29, 0.717) is 5.56 Å². The van der Waals surface area contributed by atoms with Crippen molar-refractivity contribution in [3.05, 3.63) is 98.3 Å². The second-order valence-electron chi connectivity index (χ2n) is 8.99. The third kappa shape index (κ3) is 6.50. The van der Waals surface area contributed by atoms with Crippen LogP contribution < -0.4 is 5.32 Å². The second-order valence-corrected chi connectivity index (χ2v) is 9.80. The molecule has 1 aliphatic rings. The standard InChI is InChI=1S/C28H26Cl2N2O4/c29-22-5-3-6-23(30)26(22)27(34)32-25(28(35)36)15-18-10-8-17(9-11-18)14-21(33)16-20-13-12-19-4-1-2-7-24(19)31-20/h3,5-6,8-13,25H,1-2,4,7,14-16H2,(H,32,34)(H,35,36). The molecule has 0 aliphatic heterocycles. The van der Waals surface area contributed by atoms with E-state index >= 15 is 0 Å². The fraction of sp³-hybridized carbons (Fsp3) is 0.286. The summed E-state index contributed by atoms with van der Waals surface area (Å²) >= 11 is 12.1. The number of carboxylic acids is 1. The number of nitrogens with one attached hydrogen (secondary N) is 1. The van der Waals surface area contributed by atoms with Crippen LogP contribution in [0.5, 0.6) is 0 Å². The van der Waals surface area contributed by atoms with Crippen molar-refractivity contribution in [3.63, 3.8) is 0 Å². The van der Waals surface area contributed by atoms with E-state index < -0.39 is 17.9 Å². The highest BCUT2D eigenvalue weighted by Crippen LogP contribution is 2.24. The van der Waals surface area contributed by atoms with Gasteiger partial charge < -0.3 is 10.4 Å². The topological polar surface area (TPSA) is 96.4 Å². The van der Waals surface area contributed by atoms with Gasteiger partial charge in [-0.05, 0) is 60.6 Å². The van der Waals surface area contributed by atoms with Crippen LogP contribution in [0.1, 0.15) is 51.3 Å². The minimum absolute atomic E-state index is 0.0364. The molecule has 4 rings (SSSR count). The minimum atomic E-state index is -1.18. The zero-order chi connectivity index (χ0) is 25.7. The van der Waals surface area contributed by atoms with Crippen molar-refractivity contribution in [3.8, 4) is 0 Å². The molecule has 3 aromatic rings. The third-order valence-corrected chi connectivity index (χ3v) is 6.90. The molecule has 186 valence electrons. The normalized spacial score (nSPS) is 13.5. The average molecular weight is 525 g/mol. The number of aromatic nitrogens is 1. The SMILES string of the molecule is O=C(Cc1ccc(CC(NC(=O)c2c(Cl)cccc2Cl)C(=O)O)cc1)Cc1ccc2c(n1)CCCC2. The summed E-state index contributed by atoms with van der Waals surface area (Å²) in [5, 5.41) is 12.4. The molecule has 0 bridgehead atoms. The zero-order valence-electron chi connectivity index (χ0n) is 19.6. The number of carbonyl (C=O) groups excluding carboxylic acids is 2. The predicted molar refractivity (Wildman–Crippen MR) is 139 cm³/mol. The Morgan fingerprint density at radius 3 is 2.25 bits per heavy atom. The Morgan fingerprint density at radius 2 is 1.56 bits per heavy atom. The fourth-order valence-electron chi connectivity index (χ4n) is 4.39. The first-order valence-electron chi connectivity index (χ1n) is 11.8. The number of benzene rings is 2. The van der Waals surface area contributed by atoms with E-state index in [1.54, 1.807) is 30.3 Å². The highest BCUT2D eigenvalue weighted by atomic mass is 35.5. The minimum Gasteiger partial charge on any atom is -0.480 e. The first-order chi connectivity index (χ1) is 17.3. The monoisotopic (exact) mass is 524 g/mol. The number of aryl methyl sites for hydroxylation is 2. The van der Waals surface area contributed by atoms with Gasteiger partial charge in [-0.3, -0.25) is 14.6 Å². The lowest BCUT2D eigenvalue weighted by molar-refractivity contribution is -0.139. The van der Waals surface area contributed by atoms with Gasteiger partial charge in [0.25, 0.3) is 5.91 Å². The number of carbonyl (C=O) groups is 3. The Hall–Kier alpha value is -3.22. The highest BCUT2D eigenvalue weighted by molar-refractivity contribution is 6.39. The summed E-state index contributed by atoms with van der Waals surface area (Å²) in [5.74, 6) is -1.77. The number of hydrogen-bond donors (Lipinski definition) is 2. The molecule has 6 nitrogen and oxygen atoms in total. The molecule has 0 saturated heterocycles. The van der Waals surface area contributed by atoms with Crippen LogP contribution in [0.25, 0.3) is 0 Å². The summed E-state index contributed by atoms with van der Waals surface area (Å²) in [7, 11) is 0. The second kappa shape index (κ2) is 11.7. The number of Topliss-reactive ketones (excluding diaryl/α,β-unsaturated/α-hetero) is 1. The summed E-state index contributed by atoms with van der Waals surface area (Å²) in [6, 6.07) is 14.6. The largest absolute Gasteiger partial charge is 0.480 e. The molecule has 1 heterocycles. The quantitative estimate of drug-likeness (QED) is 0.408. The van der Waals surface area contributed by atoms with Crippen LogP contribution in [0, 0.1) is 0 Å². The number of rotatable bonds is 9. The number of ketones is 1. The maximum absolute atomic E-state index is 12.6. The van der Waals surface area contributed by atoms with E-state index in [4.69, 9.17) is 23.2 Å². The number of halogens is 2. The Morgan fingerprint density at radius 1 is 0.889 bits per heavy atom. The van der Waals surface area contributed by atoms with Gasteiger partial charge in [-0.1, -0.05) is 59.6 Å². The van der Waals surface area contributed by atoms with Crippen LogP contribution in [-0.4, -0.2) is 33.8 Å². The van der Waals surface area contributed by atoms with E-state index in [0.717, 1.165) is 36.2 Å². The predicted octanol–water partition coefficient (Wildman–Crippen LogP) is 5.05. The molecule has 1 aromatic heterocycles. The smallest absolute Gasteiger partial charge is 0.326 e. The molecule has 2 N–H and O–H groups in total. The molecule has 8 heteroatoms. The van der Waals surface area contributed by atoms with E-state index in [-0.39, 0.29) is 40.7 Å². The van der Waals surface area contributed by atoms with Crippen LogP contribution in [-0.2, 0) is 41.7 Å². The van der Waals surface area contributed by atoms with E-state index in [9.17, 15) is 19.5 Å². The van der Waals surface area contributed by atoms with Crippen molar-refractivity contribution < 1.29 is 19.5 Å². The van der Waals surface area contributed by atoms with Crippen molar-refractivity contribution in [2.45, 2.75) is 51.0 Å². The van der Waals surface area contributed by atoms with Crippen molar-refractivity contribution in [2.75, 3.05) is 0 Å². The summed E-state index contributed by atoms with van der Waals surface area (Å²) in [6.07, 6.45) is 4.99. The van der Waals surface area contributed by atoms with Gasteiger partial charge >= 0.3 is 5.97 Å². The molecule has 1 aliphatic carbocycles. The van der Waals surface area contributed by atoms with Crippen LogP contribution in [0.15, 0.2) is 54.6 Å². The maximum Gasteiger partial charge on any atom is 0.326 e. The number of pyridine rings is 1. The van der Waals surface area contributed by atoms with Crippen molar-refractivity contribution in [2.24, 2.45) is 0 Å². The number of nitrogens with zero attached hydrogens (tertiary/aromatic N) is 1. The Labute approximate surface area is 219 Å². The molecule has 1 amide bonds. The Kier molecular flexibility index (Phi) is 8.39. The summed E-state index contributed by atoms with van der Waals surface area (Å²) in [6.45, 7) is 0. The van der Waals surface area contributed by atoms with Crippen molar-refractivity contribution >= 4 is 40.9 Å². The van der Waals surface area contributed by atoms with Crippen LogP contribution >= 0.6 is 23.2 Å². The first kappa shape index (κ1) is 25.9. The fourth-order valence-corrected chi connectivity index (χ4v) is 4.96. The highest BCUT2D eigenvalue weighted by Gasteiger charge is 2.24. The molecule has 0 saturated carbocycles. The lowest BCUT2D eigenvalue weighted by Gasteiger charge is -2.16. The lowest BCUT2D eigenvalue weighted by atomic mass is 9.95. The average Bonchev–Trinajstić information content (AvgIpc) is 2.84. The zero-order valence-corrected chi connectivity index (χ0v) is 21.1. The molecular formula is C28H26Cl2N2O4. The molecule has 0 fully saturated rings. The van der Waals surface area contributed by atoms with E-state index in [2.05, 4.69) is 16.4 Å². The van der Waals surface area contributed by atoms with Crippen LogP contribution in [0.4, 0.5) is 0 Å². The van der Waals surface area contributed by atoms with Gasteiger partial charge in [0.15, 0.2) is 0 Å². The van der Waals surface area contributed by atoms with Gasteiger partial charge in [0.05, 0.1) is 15.6 Å². The molecule has 1 unspecified atom stereocenters. The molecular weight excluding hydrogens is 499 g/mol. The first-order valence-corrected chi connectivity index (χ1v) is 12.6. The number of amides is 1. The molecule has 2 aromatic carbocycles. The van der Waals surface area contributed by atoms with Crippen LogP contribution in [0.3, 0.4) is 0 Å². The summed E-state index contributed by atoms with van der Waals surface area (Å²) in [5.41, 5.74) is 4.79. The number of aliphatic carboxylic acids is 1. The summed E-state index contributed by atoms with van der Waals surface area (Å²) < 4.78 is 0. The Balaban J connectivity index is 1.35. The molecule has 0 radical (unpaired) electrons. The van der Waals surface area contributed by atoms with Crippen molar-refractivity contribution in [1.82, 2.24) is 10.3 Å². The maximum atomic E-state index is 12.6. The number of carboxylic acid groups (broad SMARTS) is 1. The van der Waals surface area contributed by atoms with Gasteiger partial charge in [0.2, 0.25) is 0 Å². The molecule has 36 heavy (non-hydrogen) atoms. The van der Waals surface area contributed by atoms with Gasteiger partial charge in [-0.15, -0.1) is 0 Å². The Bertz CT molecular complexity index is 1270. The lowest BCUT2D eigenvalue weighted by Crippen LogP contribution is -2.42. The van der Waals surface area contributed by atoms with Crippen molar-refractivity contribution in [1.29, 1.82) is 0 Å². The van der Waals surface area contributed by atoms with E-state index in [1.165, 1.54) is 24.1 Å². The molecule has 1 atom stereocenters. The number of fused-ring (bicyclic) bond motifs is 1. The molecule has 0 spiro atoms. The van der Waals surface area contributed by atoms with Gasteiger partial charge in [-0.25, -0.2) is 4.79 Å². The van der Waals surface area contributed by atoms with Crippen LogP contribution in [0.2, 0.25) is 10.0 Å². The van der Waals surface area contributed by atoms with Gasteiger partial charge in [0, 0.05) is 30.7 Å². The van der Waals surface area contributed by atoms with Gasteiger partial charge in [-0.2, -0.15) is 0 Å². The van der Waals surface area contributed by atoms with Gasteiger partial charge in [0.1, 0.15) is 11.8 Å². The van der Waals surface area contributed by atoms with E-state index in [1.807, 2.05) is 6.07 Å². The number of hydrogen-bond acceptors (Lipinski definition) is 4. The summed E-state index contributed by atoms with van der Waals surface area (Å²) in [4.78, 5) is 41.7. The third-order valence-electron chi connectivity index (χ3n) is 6.27.